The summed E-state index contributed by atoms with van der Waals surface area (Å²) >= 11 is 0. The van der Waals surface area contributed by atoms with Crippen molar-refractivity contribution in [1.82, 2.24) is 15.6 Å². The van der Waals surface area contributed by atoms with Crippen molar-refractivity contribution in [2.24, 2.45) is 5.92 Å². The number of aldehydes is 1. The number of carbonyl (C=O) groups excluding carboxylic acids is 2. The van der Waals surface area contributed by atoms with Crippen LogP contribution in [0.15, 0.2) is 18.2 Å². The second-order valence-electron chi connectivity index (χ2n) is 5.58. The third-order valence-corrected chi connectivity index (χ3v) is 4.34. The summed E-state index contributed by atoms with van der Waals surface area (Å²) in [5, 5.41) is 15.5. The summed E-state index contributed by atoms with van der Waals surface area (Å²) in [6.45, 7) is 3.18. The minimum Gasteiger partial charge on any atom is -0.346 e. The number of nitrogens with zero attached hydrogens (tertiary/aromatic N) is 1. The zero-order valence-corrected chi connectivity index (χ0v) is 12.1. The van der Waals surface area contributed by atoms with Crippen LogP contribution in [0.1, 0.15) is 34.5 Å². The van der Waals surface area contributed by atoms with E-state index < -0.39 is 0 Å². The number of nitrogens with one attached hydrogen (secondary N) is 3. The number of amides is 2. The van der Waals surface area contributed by atoms with E-state index in [1.807, 2.05) is 13.0 Å². The van der Waals surface area contributed by atoms with Gasteiger partial charge in [0, 0.05) is 35.5 Å². The molecule has 6 nitrogen and oxygen atoms in total. The Morgan fingerprint density at radius 3 is 2.73 bits per heavy atom. The highest BCUT2D eigenvalue weighted by Crippen LogP contribution is 2.33. The molecular weight excluding hydrogens is 280 g/mol. The van der Waals surface area contributed by atoms with Crippen LogP contribution in [0.4, 0.5) is 4.79 Å². The van der Waals surface area contributed by atoms with Crippen LogP contribution in [-0.2, 0) is 0 Å². The van der Waals surface area contributed by atoms with Gasteiger partial charge in [0.05, 0.1) is 0 Å². The van der Waals surface area contributed by atoms with Gasteiger partial charge in [0.1, 0.15) is 18.0 Å². The fraction of sp³-hybridized carbons (Fsp3) is 0.312. The van der Waals surface area contributed by atoms with Gasteiger partial charge >= 0.3 is 6.03 Å². The third kappa shape index (κ3) is 2.31. The summed E-state index contributed by atoms with van der Waals surface area (Å²) in [4.78, 5) is 25.7. The van der Waals surface area contributed by atoms with Crippen LogP contribution in [0.3, 0.4) is 0 Å². The molecule has 1 saturated heterocycles. The fourth-order valence-electron chi connectivity index (χ4n) is 3.09. The maximum atomic E-state index is 11.4. The van der Waals surface area contributed by atoms with E-state index in [1.165, 1.54) is 0 Å². The highest BCUT2D eigenvalue weighted by Gasteiger charge is 2.27. The predicted molar refractivity (Wildman–Crippen MR) is 81.7 cm³/mol. The number of rotatable bonds is 3. The molecule has 0 aliphatic carbocycles. The van der Waals surface area contributed by atoms with Crippen LogP contribution in [0.25, 0.3) is 10.9 Å². The molecule has 2 amide bonds. The van der Waals surface area contributed by atoms with Gasteiger partial charge in [-0.3, -0.25) is 4.79 Å². The van der Waals surface area contributed by atoms with Crippen LogP contribution in [0.2, 0.25) is 0 Å². The second kappa shape index (κ2) is 5.53. The van der Waals surface area contributed by atoms with Crippen LogP contribution in [0, 0.1) is 17.2 Å². The summed E-state index contributed by atoms with van der Waals surface area (Å²) in [6.07, 6.45) is 0.846. The largest absolute Gasteiger partial charge is 0.346 e. The summed E-state index contributed by atoms with van der Waals surface area (Å²) < 4.78 is 0. The maximum absolute atomic E-state index is 11.4. The molecule has 0 saturated carbocycles. The first-order valence-electron chi connectivity index (χ1n) is 7.16. The molecule has 2 heterocycles. The Hall–Kier alpha value is -2.81. The highest BCUT2D eigenvalue weighted by atomic mass is 16.2. The zero-order valence-electron chi connectivity index (χ0n) is 12.1. The molecule has 0 bridgehead atoms. The van der Waals surface area contributed by atoms with E-state index >= 15 is 0 Å². The molecule has 1 fully saturated rings. The van der Waals surface area contributed by atoms with E-state index in [-0.39, 0.29) is 17.9 Å². The lowest BCUT2D eigenvalue weighted by Crippen LogP contribution is -2.49. The molecule has 1 aliphatic heterocycles. The van der Waals surface area contributed by atoms with E-state index in [4.69, 9.17) is 5.26 Å². The smallest absolute Gasteiger partial charge is 0.314 e. The number of hydrogen-bond acceptors (Lipinski definition) is 3. The minimum atomic E-state index is -0.161. The SMILES string of the molecule is CC(c1c(C=O)ccc2[nH]c(C#N)cc12)C1CNC(=O)NC1. The molecule has 22 heavy (non-hydrogen) atoms. The van der Waals surface area contributed by atoms with E-state index in [1.54, 1.807) is 12.1 Å². The topological polar surface area (TPSA) is 97.8 Å². The van der Waals surface area contributed by atoms with Gasteiger partial charge in [0.15, 0.2) is 0 Å². The Bertz CT molecular complexity index is 777. The van der Waals surface area contributed by atoms with Crippen molar-refractivity contribution in [1.29, 1.82) is 5.26 Å². The van der Waals surface area contributed by atoms with Crippen molar-refractivity contribution < 1.29 is 9.59 Å². The van der Waals surface area contributed by atoms with Crippen LogP contribution >= 0.6 is 0 Å². The van der Waals surface area contributed by atoms with Crippen molar-refractivity contribution in [3.8, 4) is 6.07 Å². The van der Waals surface area contributed by atoms with Gasteiger partial charge in [-0.15, -0.1) is 0 Å². The molecule has 0 radical (unpaired) electrons. The molecule has 1 aliphatic rings. The van der Waals surface area contributed by atoms with E-state index in [2.05, 4.69) is 21.7 Å². The van der Waals surface area contributed by atoms with Crippen molar-refractivity contribution in [3.63, 3.8) is 0 Å². The minimum absolute atomic E-state index is 0.0688. The maximum Gasteiger partial charge on any atom is 0.314 e. The number of fused-ring (bicyclic) bond motifs is 1. The average molecular weight is 296 g/mol. The number of hydrogen-bond donors (Lipinski definition) is 3. The molecule has 2 aromatic rings. The van der Waals surface area contributed by atoms with Crippen molar-refractivity contribution >= 4 is 23.2 Å². The van der Waals surface area contributed by atoms with E-state index in [0.717, 1.165) is 22.8 Å². The molecule has 1 aromatic carbocycles. The lowest BCUT2D eigenvalue weighted by atomic mass is 9.82. The molecule has 1 atom stereocenters. The lowest BCUT2D eigenvalue weighted by molar-refractivity contribution is 0.112. The number of benzene rings is 1. The summed E-state index contributed by atoms with van der Waals surface area (Å²) in [5.74, 6) is 0.252. The molecule has 112 valence electrons. The molecule has 0 spiro atoms. The monoisotopic (exact) mass is 296 g/mol. The first-order valence-corrected chi connectivity index (χ1v) is 7.16. The lowest BCUT2D eigenvalue weighted by Gasteiger charge is -2.30. The molecule has 1 unspecified atom stereocenters. The number of H-pyrrole nitrogens is 1. The van der Waals surface area contributed by atoms with Crippen LogP contribution in [0.5, 0.6) is 0 Å². The van der Waals surface area contributed by atoms with Gasteiger partial charge in [-0.1, -0.05) is 6.92 Å². The Kier molecular flexibility index (Phi) is 3.55. The first-order chi connectivity index (χ1) is 10.6. The normalized spacial score (nSPS) is 16.6. The number of aromatic nitrogens is 1. The molecular formula is C16H16N4O2. The number of aromatic amines is 1. The average Bonchev–Trinajstić information content (AvgIpc) is 2.97. The van der Waals surface area contributed by atoms with Crippen LogP contribution in [-0.4, -0.2) is 30.4 Å². The predicted octanol–water partition coefficient (Wildman–Crippen LogP) is 1.88. The Morgan fingerprint density at radius 1 is 1.36 bits per heavy atom. The zero-order chi connectivity index (χ0) is 15.7. The van der Waals surface area contributed by atoms with Gasteiger partial charge < -0.3 is 15.6 Å². The van der Waals surface area contributed by atoms with Gasteiger partial charge in [-0.05, 0) is 29.7 Å². The molecule has 1 aromatic heterocycles. The quantitative estimate of drug-likeness (QED) is 0.754. The highest BCUT2D eigenvalue weighted by molar-refractivity contribution is 5.93. The van der Waals surface area contributed by atoms with Gasteiger partial charge in [0.25, 0.3) is 0 Å². The van der Waals surface area contributed by atoms with Crippen LogP contribution < -0.4 is 10.6 Å². The molecule has 3 rings (SSSR count). The summed E-state index contributed by atoms with van der Waals surface area (Å²) in [7, 11) is 0. The van der Waals surface area contributed by atoms with Gasteiger partial charge in [0.2, 0.25) is 0 Å². The Balaban J connectivity index is 2.07. The number of carbonyl (C=O) groups is 2. The van der Waals surface area contributed by atoms with E-state index in [9.17, 15) is 9.59 Å². The summed E-state index contributed by atoms with van der Waals surface area (Å²) in [6, 6.07) is 7.30. The fourth-order valence-corrected chi connectivity index (χ4v) is 3.09. The second-order valence-corrected chi connectivity index (χ2v) is 5.58. The van der Waals surface area contributed by atoms with Crippen molar-refractivity contribution in [2.75, 3.05) is 13.1 Å². The first kappa shape index (κ1) is 14.1. The number of urea groups is 1. The Labute approximate surface area is 127 Å². The standard InChI is InChI=1S/C16H16N4O2/c1-9(11-6-18-16(22)19-7-11)15-10(8-21)2-3-14-13(15)4-12(5-17)20-14/h2-4,8-9,11,20H,6-7H2,1H3,(H2,18,19,22). The number of nitriles is 1. The third-order valence-electron chi connectivity index (χ3n) is 4.34. The summed E-state index contributed by atoms with van der Waals surface area (Å²) in [5.41, 5.74) is 2.87. The van der Waals surface area contributed by atoms with E-state index in [0.29, 0.717) is 24.3 Å². The van der Waals surface area contributed by atoms with Gasteiger partial charge in [-0.2, -0.15) is 5.26 Å². The van der Waals surface area contributed by atoms with Crippen molar-refractivity contribution in [3.05, 3.63) is 35.0 Å². The Morgan fingerprint density at radius 2 is 2.09 bits per heavy atom. The van der Waals surface area contributed by atoms with Gasteiger partial charge in [-0.25, -0.2) is 4.79 Å². The molecule has 6 heteroatoms. The molecule has 3 N–H and O–H groups in total. The van der Waals surface area contributed by atoms with Crippen molar-refractivity contribution in [2.45, 2.75) is 12.8 Å².